The Labute approximate surface area is 348 Å². The maximum atomic E-state index is 2.45. The summed E-state index contributed by atoms with van der Waals surface area (Å²) in [6.07, 6.45) is 0. The molecule has 12 rings (SSSR count). The van der Waals surface area contributed by atoms with Gasteiger partial charge < -0.3 is 9.13 Å². The van der Waals surface area contributed by atoms with Crippen molar-refractivity contribution in [2.45, 2.75) is 0 Å². The lowest BCUT2D eigenvalue weighted by Gasteiger charge is -2.15. The maximum absolute atomic E-state index is 2.45. The standard InChI is InChI=1S/C58H38N2/c1-3-14-39(15-4-1)43-28-33-56-52(36-43)53-37-44(40-16-5-2-6-17-40)29-34-57(53)59(56)46-31-26-42(27-32-46)49-21-9-11-24-54(49)60-55-25-12-10-22-50(55)51-38-45(30-35-58(51)60)48-23-13-19-41-18-7-8-20-47(41)48/h1-38H. The molecule has 0 N–H and O–H groups in total. The second-order valence-electron chi connectivity index (χ2n) is 15.7. The van der Waals surface area contributed by atoms with Gasteiger partial charge in [0.1, 0.15) is 0 Å². The summed E-state index contributed by atoms with van der Waals surface area (Å²) in [7, 11) is 0. The van der Waals surface area contributed by atoms with E-state index >= 15 is 0 Å². The van der Waals surface area contributed by atoms with Gasteiger partial charge in [-0.1, -0.05) is 170 Å². The number of hydrogen-bond donors (Lipinski definition) is 0. The van der Waals surface area contributed by atoms with Gasteiger partial charge in [0.15, 0.2) is 0 Å². The number of benzene rings is 10. The Hall–Kier alpha value is -7.94. The molecule has 0 aliphatic rings. The van der Waals surface area contributed by atoms with E-state index in [0.717, 1.165) is 11.4 Å². The Morgan fingerprint density at radius 2 is 0.700 bits per heavy atom. The SMILES string of the molecule is c1ccc(-c2ccc3c(c2)c2cc(-c4ccccc4)ccc2n3-c2ccc(-c3ccccc3-n3c4ccccc4c4cc(-c5cccc6ccccc56)ccc43)cc2)cc1. The Morgan fingerprint density at radius 3 is 1.40 bits per heavy atom. The van der Waals surface area contributed by atoms with Crippen molar-refractivity contribution < 1.29 is 0 Å². The maximum Gasteiger partial charge on any atom is 0.0541 e. The highest BCUT2D eigenvalue weighted by Crippen LogP contribution is 2.41. The van der Waals surface area contributed by atoms with Crippen LogP contribution >= 0.6 is 0 Å². The van der Waals surface area contributed by atoms with Crippen LogP contribution in [0.25, 0.3) is 110 Å². The average Bonchev–Trinajstić information content (AvgIpc) is 3.83. The number of fused-ring (bicyclic) bond motifs is 7. The zero-order valence-electron chi connectivity index (χ0n) is 32.8. The van der Waals surface area contributed by atoms with Crippen LogP contribution in [0, 0.1) is 0 Å². The molecule has 60 heavy (non-hydrogen) atoms. The Bertz CT molecular complexity index is 3470. The Balaban J connectivity index is 0.990. The molecule has 0 aliphatic carbocycles. The van der Waals surface area contributed by atoms with Gasteiger partial charge in [-0.25, -0.2) is 0 Å². The smallest absolute Gasteiger partial charge is 0.0541 e. The van der Waals surface area contributed by atoms with Gasteiger partial charge in [0.2, 0.25) is 0 Å². The normalized spacial score (nSPS) is 11.7. The lowest BCUT2D eigenvalue weighted by atomic mass is 9.97. The molecule has 0 amide bonds. The van der Waals surface area contributed by atoms with Crippen LogP contribution in [-0.2, 0) is 0 Å². The van der Waals surface area contributed by atoms with Crippen molar-refractivity contribution in [2.24, 2.45) is 0 Å². The molecule has 0 spiro atoms. The first-order valence-corrected chi connectivity index (χ1v) is 20.7. The van der Waals surface area contributed by atoms with E-state index in [1.807, 2.05) is 0 Å². The minimum atomic E-state index is 1.13. The average molecular weight is 763 g/mol. The summed E-state index contributed by atoms with van der Waals surface area (Å²) in [5, 5.41) is 7.51. The van der Waals surface area contributed by atoms with Gasteiger partial charge in [-0.2, -0.15) is 0 Å². The van der Waals surface area contributed by atoms with Crippen molar-refractivity contribution in [1.29, 1.82) is 0 Å². The highest BCUT2D eigenvalue weighted by molar-refractivity contribution is 6.13. The van der Waals surface area contributed by atoms with Gasteiger partial charge >= 0.3 is 0 Å². The number of hydrogen-bond acceptors (Lipinski definition) is 0. The number of para-hydroxylation sites is 2. The molecule has 12 aromatic rings. The third-order valence-electron chi connectivity index (χ3n) is 12.3. The molecule has 2 heteroatoms. The third kappa shape index (κ3) is 5.50. The fourth-order valence-corrected chi connectivity index (χ4v) is 9.50. The topological polar surface area (TPSA) is 9.86 Å². The highest BCUT2D eigenvalue weighted by atomic mass is 15.0. The summed E-state index contributed by atoms with van der Waals surface area (Å²) in [4.78, 5) is 0. The molecular formula is C58H38N2. The molecule has 10 aromatic carbocycles. The number of aromatic nitrogens is 2. The van der Waals surface area contributed by atoms with Crippen molar-refractivity contribution in [3.05, 3.63) is 231 Å². The Kier molecular flexibility index (Phi) is 7.89. The summed E-state index contributed by atoms with van der Waals surface area (Å²) >= 11 is 0. The quantitative estimate of drug-likeness (QED) is 0.160. The Morgan fingerprint density at radius 1 is 0.233 bits per heavy atom. The molecule has 0 fully saturated rings. The molecule has 0 unspecified atom stereocenters. The van der Waals surface area contributed by atoms with E-state index in [0.29, 0.717) is 0 Å². The highest BCUT2D eigenvalue weighted by Gasteiger charge is 2.18. The van der Waals surface area contributed by atoms with Crippen LogP contribution in [0.3, 0.4) is 0 Å². The van der Waals surface area contributed by atoms with E-state index < -0.39 is 0 Å². The first kappa shape index (κ1) is 34.1. The second kappa shape index (κ2) is 13.9. The second-order valence-corrected chi connectivity index (χ2v) is 15.7. The molecule has 0 aliphatic heterocycles. The predicted octanol–water partition coefficient (Wildman–Crippen LogP) is 15.7. The molecule has 0 atom stereocenters. The zero-order chi connectivity index (χ0) is 39.6. The van der Waals surface area contributed by atoms with Crippen LogP contribution in [0.5, 0.6) is 0 Å². The van der Waals surface area contributed by atoms with Gasteiger partial charge in [0.25, 0.3) is 0 Å². The molecule has 2 nitrogen and oxygen atoms in total. The van der Waals surface area contributed by atoms with Crippen molar-refractivity contribution in [2.75, 3.05) is 0 Å². The van der Waals surface area contributed by atoms with E-state index in [4.69, 9.17) is 0 Å². The summed E-state index contributed by atoms with van der Waals surface area (Å²) in [6.45, 7) is 0. The van der Waals surface area contributed by atoms with Gasteiger partial charge in [0.05, 0.1) is 27.8 Å². The summed E-state index contributed by atoms with van der Waals surface area (Å²) in [5.41, 5.74) is 16.8. The van der Waals surface area contributed by atoms with Crippen LogP contribution in [0.4, 0.5) is 0 Å². The lowest BCUT2D eigenvalue weighted by molar-refractivity contribution is 1.17. The van der Waals surface area contributed by atoms with Crippen LogP contribution in [0.15, 0.2) is 231 Å². The fourth-order valence-electron chi connectivity index (χ4n) is 9.50. The molecule has 0 bridgehead atoms. The molecular weight excluding hydrogens is 725 g/mol. The fraction of sp³-hybridized carbons (Fsp3) is 0. The zero-order valence-corrected chi connectivity index (χ0v) is 32.8. The van der Waals surface area contributed by atoms with Crippen LogP contribution in [-0.4, -0.2) is 9.13 Å². The molecule has 2 heterocycles. The van der Waals surface area contributed by atoms with Crippen LogP contribution < -0.4 is 0 Å². The molecule has 0 saturated carbocycles. The van der Waals surface area contributed by atoms with E-state index in [1.54, 1.807) is 0 Å². The summed E-state index contributed by atoms with van der Waals surface area (Å²) in [6, 6.07) is 84.2. The van der Waals surface area contributed by atoms with E-state index in [-0.39, 0.29) is 0 Å². The van der Waals surface area contributed by atoms with Crippen LogP contribution in [0.2, 0.25) is 0 Å². The van der Waals surface area contributed by atoms with Crippen molar-refractivity contribution in [3.8, 4) is 55.9 Å². The number of rotatable bonds is 6. The summed E-state index contributed by atoms with van der Waals surface area (Å²) < 4.78 is 4.87. The molecule has 0 saturated heterocycles. The monoisotopic (exact) mass is 762 g/mol. The lowest BCUT2D eigenvalue weighted by Crippen LogP contribution is -1.98. The largest absolute Gasteiger partial charge is 0.309 e. The first-order valence-electron chi connectivity index (χ1n) is 20.7. The van der Waals surface area contributed by atoms with E-state index in [9.17, 15) is 0 Å². The van der Waals surface area contributed by atoms with Gasteiger partial charge in [0, 0.05) is 32.8 Å². The van der Waals surface area contributed by atoms with E-state index in [1.165, 1.54) is 98.9 Å². The minimum Gasteiger partial charge on any atom is -0.309 e. The summed E-state index contributed by atoms with van der Waals surface area (Å²) in [5.74, 6) is 0. The van der Waals surface area contributed by atoms with Crippen molar-refractivity contribution in [3.63, 3.8) is 0 Å². The molecule has 0 radical (unpaired) electrons. The van der Waals surface area contributed by atoms with E-state index in [2.05, 4.69) is 240 Å². The van der Waals surface area contributed by atoms with Crippen LogP contribution in [0.1, 0.15) is 0 Å². The van der Waals surface area contributed by atoms with Gasteiger partial charge in [-0.15, -0.1) is 0 Å². The first-order chi connectivity index (χ1) is 29.8. The molecule has 280 valence electrons. The van der Waals surface area contributed by atoms with Gasteiger partial charge in [-0.3, -0.25) is 0 Å². The van der Waals surface area contributed by atoms with Gasteiger partial charge in [-0.05, 0) is 110 Å². The van der Waals surface area contributed by atoms with Crippen molar-refractivity contribution >= 4 is 54.4 Å². The predicted molar refractivity (Wildman–Crippen MR) is 254 cm³/mol. The van der Waals surface area contributed by atoms with Crippen molar-refractivity contribution in [1.82, 2.24) is 9.13 Å². The molecule has 2 aromatic heterocycles. The number of nitrogens with zero attached hydrogens (tertiary/aromatic N) is 2. The minimum absolute atomic E-state index is 1.13. The third-order valence-corrected chi connectivity index (χ3v) is 12.3.